The van der Waals surface area contributed by atoms with Crippen molar-refractivity contribution in [3.63, 3.8) is 0 Å². The Morgan fingerprint density at radius 1 is 1.50 bits per heavy atom. The van der Waals surface area contributed by atoms with E-state index < -0.39 is 4.92 Å². The molecule has 1 heterocycles. The molecular formula is C12H19N5O3. The van der Waals surface area contributed by atoms with Gasteiger partial charge < -0.3 is 15.4 Å². The fraction of sp³-hybridized carbons (Fsp3) is 0.667. The van der Waals surface area contributed by atoms with Gasteiger partial charge in [0.25, 0.3) is 0 Å². The summed E-state index contributed by atoms with van der Waals surface area (Å²) in [5, 5.41) is 17.0. The Hall–Kier alpha value is -1.96. The molecule has 8 nitrogen and oxygen atoms in total. The zero-order chi connectivity index (χ0) is 14.6. The van der Waals surface area contributed by atoms with Gasteiger partial charge in [-0.05, 0) is 26.2 Å². The molecule has 0 aliphatic heterocycles. The molecule has 0 unspecified atom stereocenters. The van der Waals surface area contributed by atoms with E-state index >= 15 is 0 Å². The van der Waals surface area contributed by atoms with Crippen molar-refractivity contribution in [3.05, 3.63) is 16.3 Å². The summed E-state index contributed by atoms with van der Waals surface area (Å²) in [6, 6.07) is 0. The first-order chi connectivity index (χ1) is 9.60. The first kappa shape index (κ1) is 14.4. The molecule has 2 N–H and O–H groups in total. The molecule has 1 aliphatic rings. The van der Waals surface area contributed by atoms with E-state index in [9.17, 15) is 10.1 Å². The highest BCUT2D eigenvalue weighted by Crippen LogP contribution is 2.35. The number of hydrogen-bond donors (Lipinski definition) is 2. The summed E-state index contributed by atoms with van der Waals surface area (Å²) >= 11 is 0. The van der Waals surface area contributed by atoms with Crippen molar-refractivity contribution >= 4 is 17.5 Å². The maximum absolute atomic E-state index is 11.0. The average Bonchev–Trinajstić information content (AvgIpc) is 2.38. The Morgan fingerprint density at radius 3 is 2.75 bits per heavy atom. The summed E-state index contributed by atoms with van der Waals surface area (Å²) in [5.41, 5.74) is -0.353. The highest BCUT2D eigenvalue weighted by Gasteiger charge is 2.37. The van der Waals surface area contributed by atoms with Gasteiger partial charge in [-0.25, -0.2) is 4.98 Å². The van der Waals surface area contributed by atoms with Crippen LogP contribution in [0.4, 0.5) is 17.5 Å². The summed E-state index contributed by atoms with van der Waals surface area (Å²) in [7, 11) is 1.67. The predicted octanol–water partition coefficient (Wildman–Crippen LogP) is 1.80. The predicted molar refractivity (Wildman–Crippen MR) is 74.9 cm³/mol. The van der Waals surface area contributed by atoms with Gasteiger partial charge >= 0.3 is 5.69 Å². The van der Waals surface area contributed by atoms with Gasteiger partial charge in [-0.1, -0.05) is 0 Å². The van der Waals surface area contributed by atoms with Crippen LogP contribution in [0.15, 0.2) is 6.20 Å². The van der Waals surface area contributed by atoms with Gasteiger partial charge in [-0.3, -0.25) is 10.1 Å². The average molecular weight is 281 g/mol. The zero-order valence-electron chi connectivity index (χ0n) is 11.7. The van der Waals surface area contributed by atoms with E-state index in [4.69, 9.17) is 4.74 Å². The molecule has 0 radical (unpaired) electrons. The summed E-state index contributed by atoms with van der Waals surface area (Å²) in [6.07, 6.45) is 4.24. The lowest BCUT2D eigenvalue weighted by atomic mass is 9.80. The van der Waals surface area contributed by atoms with E-state index in [1.54, 1.807) is 7.11 Å². The molecule has 0 saturated heterocycles. The zero-order valence-corrected chi connectivity index (χ0v) is 11.7. The van der Waals surface area contributed by atoms with Crippen LogP contribution in [0.1, 0.15) is 26.2 Å². The molecule has 1 aromatic rings. The third-order valence-electron chi connectivity index (χ3n) is 3.58. The Kier molecular flexibility index (Phi) is 4.33. The van der Waals surface area contributed by atoms with Crippen LogP contribution in [-0.2, 0) is 4.74 Å². The lowest BCUT2D eigenvalue weighted by Gasteiger charge is -2.40. The quantitative estimate of drug-likeness (QED) is 0.580. The van der Waals surface area contributed by atoms with Crippen molar-refractivity contribution < 1.29 is 9.66 Å². The first-order valence-electron chi connectivity index (χ1n) is 6.64. The van der Waals surface area contributed by atoms with Gasteiger partial charge in [0.2, 0.25) is 11.8 Å². The standard InChI is InChI=1S/C12H19N5O3/c1-3-13-11-14-7-9(17(18)19)10(16-11)15-8-12(20-2)5-4-6-12/h7H,3-6,8H2,1-2H3,(H2,13,14,15,16). The molecular weight excluding hydrogens is 262 g/mol. The van der Waals surface area contributed by atoms with Crippen molar-refractivity contribution in [3.8, 4) is 0 Å². The monoisotopic (exact) mass is 281 g/mol. The van der Waals surface area contributed by atoms with Crippen molar-refractivity contribution in [1.82, 2.24) is 9.97 Å². The molecule has 0 aromatic carbocycles. The van der Waals surface area contributed by atoms with Gasteiger partial charge in [0.1, 0.15) is 6.20 Å². The van der Waals surface area contributed by atoms with E-state index in [0.29, 0.717) is 19.0 Å². The Labute approximate surface area is 117 Å². The molecule has 1 saturated carbocycles. The van der Waals surface area contributed by atoms with Crippen molar-refractivity contribution in [2.75, 3.05) is 30.8 Å². The summed E-state index contributed by atoms with van der Waals surface area (Å²) in [6.45, 7) is 3.07. The number of nitrogens with zero attached hydrogens (tertiary/aromatic N) is 3. The number of ether oxygens (including phenoxy) is 1. The highest BCUT2D eigenvalue weighted by molar-refractivity contribution is 5.57. The number of rotatable bonds is 7. The SMILES string of the molecule is CCNc1ncc([N+](=O)[O-])c(NCC2(OC)CCC2)n1. The Morgan fingerprint density at radius 2 is 2.25 bits per heavy atom. The van der Waals surface area contributed by atoms with Gasteiger partial charge in [0.05, 0.1) is 10.5 Å². The van der Waals surface area contributed by atoms with E-state index in [1.807, 2.05) is 6.92 Å². The number of hydrogen-bond acceptors (Lipinski definition) is 7. The second kappa shape index (κ2) is 6.00. The van der Waals surface area contributed by atoms with E-state index in [0.717, 1.165) is 19.3 Å². The van der Waals surface area contributed by atoms with Gasteiger partial charge in [-0.15, -0.1) is 0 Å². The number of aromatic nitrogens is 2. The van der Waals surface area contributed by atoms with Gasteiger partial charge in [-0.2, -0.15) is 4.98 Å². The van der Waals surface area contributed by atoms with Crippen LogP contribution in [-0.4, -0.2) is 40.7 Å². The molecule has 0 amide bonds. The molecule has 110 valence electrons. The Bertz CT molecular complexity index is 484. The van der Waals surface area contributed by atoms with Crippen LogP contribution < -0.4 is 10.6 Å². The second-order valence-corrected chi connectivity index (χ2v) is 4.81. The lowest BCUT2D eigenvalue weighted by Crippen LogP contribution is -2.45. The third kappa shape index (κ3) is 2.96. The number of nitrogens with one attached hydrogen (secondary N) is 2. The van der Waals surface area contributed by atoms with Gasteiger partial charge in [0.15, 0.2) is 0 Å². The lowest BCUT2D eigenvalue weighted by molar-refractivity contribution is -0.384. The topological polar surface area (TPSA) is 102 Å². The van der Waals surface area contributed by atoms with Crippen LogP contribution in [0.5, 0.6) is 0 Å². The summed E-state index contributed by atoms with van der Waals surface area (Å²) in [5.74, 6) is 0.602. The number of methoxy groups -OCH3 is 1. The second-order valence-electron chi connectivity index (χ2n) is 4.81. The molecule has 0 bridgehead atoms. The van der Waals surface area contributed by atoms with E-state index in [1.165, 1.54) is 6.20 Å². The smallest absolute Gasteiger partial charge is 0.329 e. The minimum atomic E-state index is -0.488. The maximum atomic E-state index is 11.0. The van der Waals surface area contributed by atoms with Crippen molar-refractivity contribution in [2.24, 2.45) is 0 Å². The normalized spacial score (nSPS) is 16.3. The molecule has 0 spiro atoms. The molecule has 0 atom stereocenters. The molecule has 8 heteroatoms. The first-order valence-corrected chi connectivity index (χ1v) is 6.64. The van der Waals surface area contributed by atoms with Crippen LogP contribution >= 0.6 is 0 Å². The fourth-order valence-electron chi connectivity index (χ4n) is 2.15. The molecule has 1 aliphatic carbocycles. The molecule has 1 fully saturated rings. The minimum absolute atomic E-state index is 0.128. The molecule has 1 aromatic heterocycles. The summed E-state index contributed by atoms with van der Waals surface area (Å²) in [4.78, 5) is 18.6. The third-order valence-corrected chi connectivity index (χ3v) is 3.58. The van der Waals surface area contributed by atoms with Crippen molar-refractivity contribution in [2.45, 2.75) is 31.8 Å². The Balaban J connectivity index is 2.14. The fourth-order valence-corrected chi connectivity index (χ4v) is 2.15. The maximum Gasteiger partial charge on any atom is 0.329 e. The number of anilines is 2. The molecule has 2 rings (SSSR count). The highest BCUT2D eigenvalue weighted by atomic mass is 16.6. The summed E-state index contributed by atoms with van der Waals surface area (Å²) < 4.78 is 5.48. The molecule has 20 heavy (non-hydrogen) atoms. The van der Waals surface area contributed by atoms with E-state index in [-0.39, 0.29) is 17.1 Å². The number of nitro groups is 1. The van der Waals surface area contributed by atoms with Crippen LogP contribution in [0, 0.1) is 10.1 Å². The van der Waals surface area contributed by atoms with Crippen molar-refractivity contribution in [1.29, 1.82) is 0 Å². The minimum Gasteiger partial charge on any atom is -0.376 e. The van der Waals surface area contributed by atoms with Crippen LogP contribution in [0.3, 0.4) is 0 Å². The van der Waals surface area contributed by atoms with Crippen LogP contribution in [0.25, 0.3) is 0 Å². The van der Waals surface area contributed by atoms with Crippen LogP contribution in [0.2, 0.25) is 0 Å². The van der Waals surface area contributed by atoms with E-state index in [2.05, 4.69) is 20.6 Å². The largest absolute Gasteiger partial charge is 0.376 e. The van der Waals surface area contributed by atoms with Gasteiger partial charge in [0, 0.05) is 20.2 Å².